The van der Waals surface area contributed by atoms with Crippen LogP contribution in [0.5, 0.6) is 0 Å². The van der Waals surface area contributed by atoms with Gasteiger partial charge in [-0.2, -0.15) is 5.10 Å². The van der Waals surface area contributed by atoms with E-state index in [1.807, 2.05) is 55.4 Å². The van der Waals surface area contributed by atoms with Crippen molar-refractivity contribution in [1.29, 1.82) is 0 Å². The third-order valence-corrected chi connectivity index (χ3v) is 4.39. The van der Waals surface area contributed by atoms with Crippen molar-refractivity contribution < 1.29 is 4.79 Å². The van der Waals surface area contributed by atoms with Crippen LogP contribution in [-0.2, 0) is 13.1 Å². The van der Waals surface area contributed by atoms with Gasteiger partial charge in [-0.25, -0.2) is 0 Å². The number of thioether (sulfide) groups is 1. The van der Waals surface area contributed by atoms with E-state index in [0.29, 0.717) is 6.54 Å². The van der Waals surface area contributed by atoms with Gasteiger partial charge in [-0.15, -0.1) is 11.8 Å². The van der Waals surface area contributed by atoms with E-state index in [1.165, 1.54) is 0 Å². The Balaban J connectivity index is 2.17. The van der Waals surface area contributed by atoms with Crippen LogP contribution < -0.4 is 0 Å². The highest BCUT2D eigenvalue weighted by molar-refractivity contribution is 7.98. The van der Waals surface area contributed by atoms with Gasteiger partial charge in [0, 0.05) is 36.3 Å². The van der Waals surface area contributed by atoms with Crippen molar-refractivity contribution in [1.82, 2.24) is 14.7 Å². The molecule has 0 saturated carbocycles. The van der Waals surface area contributed by atoms with Crippen LogP contribution in [0, 0.1) is 6.92 Å². The second-order valence-corrected chi connectivity index (χ2v) is 5.78. The van der Waals surface area contributed by atoms with E-state index in [0.717, 1.165) is 28.3 Å². The summed E-state index contributed by atoms with van der Waals surface area (Å²) in [5.74, 6) is 0.0450. The minimum absolute atomic E-state index is 0.0450. The summed E-state index contributed by atoms with van der Waals surface area (Å²) in [7, 11) is 1.84. The van der Waals surface area contributed by atoms with Crippen molar-refractivity contribution in [3.8, 4) is 0 Å². The smallest absolute Gasteiger partial charge is 0.255 e. The molecule has 0 atom stereocenters. The van der Waals surface area contributed by atoms with Gasteiger partial charge in [0.1, 0.15) is 0 Å². The average molecular weight is 303 g/mol. The molecule has 1 amide bonds. The zero-order valence-corrected chi connectivity index (χ0v) is 13.8. The standard InChI is InChI=1S/C16H21N3OS/c1-5-19-12(2)13(10-17-19)11-18(3)16(20)14-8-6-7-9-15(14)21-4/h6-10H,5,11H2,1-4H3. The first kappa shape index (κ1) is 15.6. The monoisotopic (exact) mass is 303 g/mol. The molecule has 4 nitrogen and oxygen atoms in total. The van der Waals surface area contributed by atoms with Crippen LogP contribution in [0.1, 0.15) is 28.5 Å². The third-order valence-electron chi connectivity index (χ3n) is 3.60. The molecule has 21 heavy (non-hydrogen) atoms. The number of carbonyl (C=O) groups is 1. The molecule has 2 aromatic rings. The second-order valence-electron chi connectivity index (χ2n) is 4.93. The molecule has 5 heteroatoms. The molecule has 0 aliphatic carbocycles. The SMILES string of the molecule is CCn1ncc(CN(C)C(=O)c2ccccc2SC)c1C. The molecule has 0 unspecified atom stereocenters. The Morgan fingerprint density at radius 1 is 1.38 bits per heavy atom. The molecule has 1 aromatic heterocycles. The molecule has 0 spiro atoms. The van der Waals surface area contributed by atoms with Crippen LogP contribution in [0.25, 0.3) is 0 Å². The molecule has 2 rings (SSSR count). The number of benzene rings is 1. The van der Waals surface area contributed by atoms with Crippen molar-refractivity contribution in [2.24, 2.45) is 0 Å². The predicted octanol–water partition coefficient (Wildman–Crippen LogP) is 3.21. The Hall–Kier alpha value is -1.75. The number of aromatic nitrogens is 2. The van der Waals surface area contributed by atoms with Crippen LogP contribution in [0.4, 0.5) is 0 Å². The number of hydrogen-bond donors (Lipinski definition) is 0. The Kier molecular flexibility index (Phi) is 5.07. The third kappa shape index (κ3) is 3.29. The van der Waals surface area contributed by atoms with Gasteiger partial charge >= 0.3 is 0 Å². The van der Waals surface area contributed by atoms with E-state index >= 15 is 0 Å². The summed E-state index contributed by atoms with van der Waals surface area (Å²) in [5.41, 5.74) is 2.97. The lowest BCUT2D eigenvalue weighted by Gasteiger charge is -2.18. The first-order valence-corrected chi connectivity index (χ1v) is 8.20. The quantitative estimate of drug-likeness (QED) is 0.796. The fourth-order valence-corrected chi connectivity index (χ4v) is 2.90. The summed E-state index contributed by atoms with van der Waals surface area (Å²) in [6.45, 7) is 5.53. The topological polar surface area (TPSA) is 38.1 Å². The molecule has 0 fully saturated rings. The van der Waals surface area contributed by atoms with E-state index in [4.69, 9.17) is 0 Å². The van der Waals surface area contributed by atoms with Crippen molar-refractivity contribution >= 4 is 17.7 Å². The molecule has 0 bridgehead atoms. The highest BCUT2D eigenvalue weighted by atomic mass is 32.2. The van der Waals surface area contributed by atoms with Gasteiger partial charge < -0.3 is 4.90 Å². The Bertz CT molecular complexity index is 636. The molecule has 1 heterocycles. The van der Waals surface area contributed by atoms with E-state index in [-0.39, 0.29) is 5.91 Å². The highest BCUT2D eigenvalue weighted by Crippen LogP contribution is 2.22. The van der Waals surface area contributed by atoms with Crippen LogP contribution in [-0.4, -0.2) is 33.9 Å². The Morgan fingerprint density at radius 3 is 2.71 bits per heavy atom. The number of nitrogens with zero attached hydrogens (tertiary/aromatic N) is 3. The van der Waals surface area contributed by atoms with Crippen LogP contribution in [0.15, 0.2) is 35.4 Å². The summed E-state index contributed by atoms with van der Waals surface area (Å²) < 4.78 is 1.95. The zero-order valence-electron chi connectivity index (χ0n) is 13.0. The van der Waals surface area contributed by atoms with Crippen LogP contribution >= 0.6 is 11.8 Å². The van der Waals surface area contributed by atoms with E-state index in [9.17, 15) is 4.79 Å². The molecular formula is C16H21N3OS. The van der Waals surface area contributed by atoms with Crippen molar-refractivity contribution in [2.75, 3.05) is 13.3 Å². The van der Waals surface area contributed by atoms with Gasteiger partial charge in [0.25, 0.3) is 5.91 Å². The number of hydrogen-bond acceptors (Lipinski definition) is 3. The fourth-order valence-electron chi connectivity index (χ4n) is 2.31. The van der Waals surface area contributed by atoms with Gasteiger partial charge in [-0.05, 0) is 32.2 Å². The lowest BCUT2D eigenvalue weighted by atomic mass is 10.2. The molecule has 0 aliphatic rings. The number of carbonyl (C=O) groups excluding carboxylic acids is 1. The maximum absolute atomic E-state index is 12.6. The molecule has 0 radical (unpaired) electrons. The summed E-state index contributed by atoms with van der Waals surface area (Å²) in [6.07, 6.45) is 3.84. The van der Waals surface area contributed by atoms with Crippen LogP contribution in [0.2, 0.25) is 0 Å². The minimum atomic E-state index is 0.0450. The summed E-state index contributed by atoms with van der Waals surface area (Å²) in [6, 6.07) is 7.72. The molecular weight excluding hydrogens is 282 g/mol. The summed E-state index contributed by atoms with van der Waals surface area (Å²) in [4.78, 5) is 15.4. The Labute approximate surface area is 130 Å². The molecule has 112 valence electrons. The first-order chi connectivity index (χ1) is 10.1. The van der Waals surface area contributed by atoms with E-state index < -0.39 is 0 Å². The highest BCUT2D eigenvalue weighted by Gasteiger charge is 2.17. The Morgan fingerprint density at radius 2 is 2.10 bits per heavy atom. The molecule has 1 aromatic carbocycles. The summed E-state index contributed by atoms with van der Waals surface area (Å²) >= 11 is 1.59. The van der Waals surface area contributed by atoms with Crippen molar-refractivity contribution in [3.63, 3.8) is 0 Å². The van der Waals surface area contributed by atoms with Gasteiger partial charge in [0.15, 0.2) is 0 Å². The zero-order chi connectivity index (χ0) is 15.4. The number of rotatable bonds is 5. The minimum Gasteiger partial charge on any atom is -0.337 e. The molecule has 0 N–H and O–H groups in total. The van der Waals surface area contributed by atoms with Crippen molar-refractivity contribution in [2.45, 2.75) is 31.8 Å². The fraction of sp³-hybridized carbons (Fsp3) is 0.375. The number of amides is 1. The lowest BCUT2D eigenvalue weighted by Crippen LogP contribution is -2.26. The normalized spacial score (nSPS) is 10.7. The van der Waals surface area contributed by atoms with E-state index in [1.54, 1.807) is 16.7 Å². The van der Waals surface area contributed by atoms with Gasteiger partial charge in [0.2, 0.25) is 0 Å². The maximum Gasteiger partial charge on any atom is 0.255 e. The average Bonchev–Trinajstić information content (AvgIpc) is 2.86. The maximum atomic E-state index is 12.6. The lowest BCUT2D eigenvalue weighted by molar-refractivity contribution is 0.0781. The molecule has 0 aliphatic heterocycles. The largest absolute Gasteiger partial charge is 0.337 e. The van der Waals surface area contributed by atoms with Crippen molar-refractivity contribution in [3.05, 3.63) is 47.3 Å². The van der Waals surface area contributed by atoms with Gasteiger partial charge in [-0.1, -0.05) is 12.1 Å². The first-order valence-electron chi connectivity index (χ1n) is 6.98. The molecule has 0 saturated heterocycles. The predicted molar refractivity (Wildman–Crippen MR) is 86.7 cm³/mol. The van der Waals surface area contributed by atoms with Crippen LogP contribution in [0.3, 0.4) is 0 Å². The second kappa shape index (κ2) is 6.80. The van der Waals surface area contributed by atoms with Gasteiger partial charge in [-0.3, -0.25) is 9.48 Å². The number of aryl methyl sites for hydroxylation is 1. The summed E-state index contributed by atoms with van der Waals surface area (Å²) in [5, 5.41) is 4.33. The van der Waals surface area contributed by atoms with Gasteiger partial charge in [0.05, 0.1) is 11.8 Å². The van der Waals surface area contributed by atoms with E-state index in [2.05, 4.69) is 12.0 Å².